The highest BCUT2D eigenvalue weighted by molar-refractivity contribution is 14.0. The zero-order valence-corrected chi connectivity index (χ0v) is 22.1. The van der Waals surface area contributed by atoms with E-state index in [1.54, 1.807) is 28.4 Å². The lowest BCUT2D eigenvalue weighted by Crippen LogP contribution is -2.36. The van der Waals surface area contributed by atoms with E-state index < -0.39 is 0 Å². The van der Waals surface area contributed by atoms with Gasteiger partial charge in [-0.2, -0.15) is 5.10 Å². The number of hydrogen-bond donors (Lipinski definition) is 2. The number of benzene rings is 1. The van der Waals surface area contributed by atoms with Gasteiger partial charge in [-0.3, -0.25) is 4.99 Å². The van der Waals surface area contributed by atoms with E-state index in [4.69, 9.17) is 14.2 Å². The Morgan fingerprint density at radius 3 is 2.03 bits per heavy atom. The van der Waals surface area contributed by atoms with E-state index in [1.807, 2.05) is 55.1 Å². The van der Waals surface area contributed by atoms with Crippen molar-refractivity contribution in [3.63, 3.8) is 0 Å². The number of pyridine rings is 1. The maximum atomic E-state index is 5.42. The number of hydrogen-bond acceptors (Lipinski definition) is 6. The minimum absolute atomic E-state index is 0. The lowest BCUT2D eigenvalue weighted by Gasteiger charge is -2.16. The zero-order chi connectivity index (χ0) is 23.1. The average molecular weight is 566 g/mol. The van der Waals surface area contributed by atoms with Crippen LogP contribution in [0.5, 0.6) is 17.2 Å². The summed E-state index contributed by atoms with van der Waals surface area (Å²) in [5.41, 5.74) is 4.03. The van der Waals surface area contributed by atoms with Crippen molar-refractivity contribution in [2.75, 3.05) is 28.4 Å². The maximum absolute atomic E-state index is 5.42. The van der Waals surface area contributed by atoms with Crippen molar-refractivity contribution in [2.45, 2.75) is 26.9 Å². The third-order valence-electron chi connectivity index (χ3n) is 4.90. The first kappa shape index (κ1) is 26.2. The van der Waals surface area contributed by atoms with E-state index in [9.17, 15) is 0 Å². The second-order valence-electron chi connectivity index (χ2n) is 7.18. The first-order chi connectivity index (χ1) is 15.5. The van der Waals surface area contributed by atoms with Crippen molar-refractivity contribution in [2.24, 2.45) is 4.99 Å². The molecule has 0 radical (unpaired) electrons. The van der Waals surface area contributed by atoms with E-state index >= 15 is 0 Å². The Balaban J connectivity index is 0.00000385. The third-order valence-corrected chi connectivity index (χ3v) is 4.90. The Bertz CT molecular complexity index is 1060. The molecule has 2 aromatic heterocycles. The predicted molar refractivity (Wildman–Crippen MR) is 139 cm³/mol. The number of aromatic nitrogens is 3. The SMILES string of the molecule is CN=C(NCc1ccc(-n2nc(C)cc2C)nc1)NCc1cc(OC)c(OC)c(OC)c1.I. The van der Waals surface area contributed by atoms with Gasteiger partial charge in [0.05, 0.1) is 27.0 Å². The van der Waals surface area contributed by atoms with Crippen molar-refractivity contribution < 1.29 is 14.2 Å². The smallest absolute Gasteiger partial charge is 0.203 e. The van der Waals surface area contributed by atoms with Crippen LogP contribution in [0, 0.1) is 13.8 Å². The molecule has 0 unspecified atom stereocenters. The molecular formula is C23H31IN6O3. The normalized spacial score (nSPS) is 10.9. The first-order valence-electron chi connectivity index (χ1n) is 10.2. The average Bonchev–Trinajstić information content (AvgIpc) is 3.16. The zero-order valence-electron chi connectivity index (χ0n) is 19.8. The molecule has 2 N–H and O–H groups in total. The lowest BCUT2D eigenvalue weighted by atomic mass is 10.2. The second kappa shape index (κ2) is 12.3. The summed E-state index contributed by atoms with van der Waals surface area (Å²) < 4.78 is 18.0. The van der Waals surface area contributed by atoms with Crippen LogP contribution in [0.25, 0.3) is 5.82 Å². The minimum atomic E-state index is 0. The summed E-state index contributed by atoms with van der Waals surface area (Å²) in [6.07, 6.45) is 1.84. The molecule has 0 spiro atoms. The van der Waals surface area contributed by atoms with Crippen molar-refractivity contribution in [3.05, 3.63) is 59.0 Å². The Kier molecular flexibility index (Phi) is 9.76. The lowest BCUT2D eigenvalue weighted by molar-refractivity contribution is 0.323. The fourth-order valence-electron chi connectivity index (χ4n) is 3.34. The van der Waals surface area contributed by atoms with Crippen molar-refractivity contribution >= 4 is 29.9 Å². The number of aliphatic imine (C=N–C) groups is 1. The number of methoxy groups -OCH3 is 3. The van der Waals surface area contributed by atoms with E-state index in [-0.39, 0.29) is 24.0 Å². The molecule has 0 aliphatic rings. The van der Waals surface area contributed by atoms with Crippen LogP contribution in [0.2, 0.25) is 0 Å². The quantitative estimate of drug-likeness (QED) is 0.245. The van der Waals surface area contributed by atoms with Crippen LogP contribution in [0.4, 0.5) is 0 Å². The molecule has 3 rings (SSSR count). The molecule has 0 amide bonds. The number of nitrogens with one attached hydrogen (secondary N) is 2. The van der Waals surface area contributed by atoms with Crippen LogP contribution < -0.4 is 24.8 Å². The molecule has 0 aliphatic carbocycles. The van der Waals surface area contributed by atoms with Gasteiger partial charge >= 0.3 is 0 Å². The standard InChI is InChI=1S/C23H30N6O3.HI/c1-15-9-16(2)29(28-15)21-8-7-17(12-25-21)13-26-23(24-3)27-14-18-10-19(30-4)22(32-6)20(11-18)31-5;/h7-12H,13-14H2,1-6H3,(H2,24,26,27);1H. The second-order valence-corrected chi connectivity index (χ2v) is 7.18. The van der Waals surface area contributed by atoms with Crippen molar-refractivity contribution in [1.29, 1.82) is 0 Å². The monoisotopic (exact) mass is 566 g/mol. The largest absolute Gasteiger partial charge is 0.493 e. The Morgan fingerprint density at radius 2 is 1.58 bits per heavy atom. The summed E-state index contributed by atoms with van der Waals surface area (Å²) in [7, 11) is 6.52. The molecule has 9 nitrogen and oxygen atoms in total. The Labute approximate surface area is 211 Å². The fourth-order valence-corrected chi connectivity index (χ4v) is 3.34. The van der Waals surface area contributed by atoms with Crippen LogP contribution in [0.3, 0.4) is 0 Å². The molecule has 2 heterocycles. The van der Waals surface area contributed by atoms with Crippen LogP contribution in [0.1, 0.15) is 22.5 Å². The highest BCUT2D eigenvalue weighted by Crippen LogP contribution is 2.38. The molecule has 0 saturated heterocycles. The molecule has 0 atom stereocenters. The topological polar surface area (TPSA) is 94.8 Å². The van der Waals surface area contributed by atoms with Crippen molar-refractivity contribution in [1.82, 2.24) is 25.4 Å². The summed E-state index contributed by atoms with van der Waals surface area (Å²) in [6, 6.07) is 9.83. The minimum Gasteiger partial charge on any atom is -0.493 e. The van der Waals surface area contributed by atoms with Gasteiger partial charge in [-0.1, -0.05) is 6.07 Å². The van der Waals surface area contributed by atoms with Gasteiger partial charge in [0.1, 0.15) is 0 Å². The van der Waals surface area contributed by atoms with E-state index in [0.29, 0.717) is 36.3 Å². The molecule has 0 saturated carbocycles. The number of aryl methyl sites for hydroxylation is 2. The Morgan fingerprint density at radius 1 is 0.939 bits per heavy atom. The third kappa shape index (κ3) is 6.50. The summed E-state index contributed by atoms with van der Waals surface area (Å²) in [6.45, 7) is 5.10. The Hall–Kier alpha value is -3.02. The fraction of sp³-hybridized carbons (Fsp3) is 0.348. The molecule has 178 valence electrons. The molecule has 0 fully saturated rings. The molecule has 33 heavy (non-hydrogen) atoms. The summed E-state index contributed by atoms with van der Waals surface area (Å²) in [4.78, 5) is 8.82. The van der Waals surface area contributed by atoms with Gasteiger partial charge < -0.3 is 24.8 Å². The molecule has 0 bridgehead atoms. The first-order valence-corrected chi connectivity index (χ1v) is 10.2. The number of halogens is 1. The van der Waals surface area contributed by atoms with Gasteiger partial charge in [0.15, 0.2) is 23.3 Å². The number of guanidine groups is 1. The number of nitrogens with zero attached hydrogens (tertiary/aromatic N) is 4. The van der Waals surface area contributed by atoms with Crippen LogP contribution in [-0.4, -0.2) is 49.1 Å². The van der Waals surface area contributed by atoms with Crippen molar-refractivity contribution in [3.8, 4) is 23.1 Å². The van der Waals surface area contributed by atoms with E-state index in [2.05, 4.69) is 25.7 Å². The van der Waals surface area contributed by atoms with Gasteiger partial charge in [-0.25, -0.2) is 9.67 Å². The van der Waals surface area contributed by atoms with Crippen LogP contribution >= 0.6 is 24.0 Å². The van der Waals surface area contributed by atoms with E-state index in [1.165, 1.54) is 0 Å². The van der Waals surface area contributed by atoms with Gasteiger partial charge in [-0.05, 0) is 49.2 Å². The van der Waals surface area contributed by atoms with Gasteiger partial charge in [-0.15, -0.1) is 24.0 Å². The van der Waals surface area contributed by atoms with Gasteiger partial charge in [0, 0.05) is 32.0 Å². The van der Waals surface area contributed by atoms with Gasteiger partial charge in [0.25, 0.3) is 0 Å². The molecule has 0 aliphatic heterocycles. The predicted octanol–water partition coefficient (Wildman–Crippen LogP) is 3.39. The number of ether oxygens (including phenoxy) is 3. The molecule has 3 aromatic rings. The van der Waals surface area contributed by atoms with Gasteiger partial charge in [0.2, 0.25) is 5.75 Å². The number of rotatable bonds is 8. The summed E-state index contributed by atoms with van der Waals surface area (Å²) in [5, 5.41) is 11.1. The maximum Gasteiger partial charge on any atom is 0.203 e. The molecular weight excluding hydrogens is 535 g/mol. The van der Waals surface area contributed by atoms with E-state index in [0.717, 1.165) is 28.3 Å². The summed E-state index contributed by atoms with van der Waals surface area (Å²) in [5.74, 6) is 3.25. The van der Waals surface area contributed by atoms with Crippen LogP contribution in [-0.2, 0) is 13.1 Å². The highest BCUT2D eigenvalue weighted by Gasteiger charge is 2.13. The summed E-state index contributed by atoms with van der Waals surface area (Å²) >= 11 is 0. The molecule has 1 aromatic carbocycles. The van der Waals surface area contributed by atoms with Crippen LogP contribution in [0.15, 0.2) is 41.5 Å². The highest BCUT2D eigenvalue weighted by atomic mass is 127. The molecule has 10 heteroatoms.